The number of hydrogen-bond acceptors (Lipinski definition) is 4. The van der Waals surface area contributed by atoms with Crippen LogP contribution >= 0.6 is 11.6 Å². The van der Waals surface area contributed by atoms with Gasteiger partial charge >= 0.3 is 0 Å². The van der Waals surface area contributed by atoms with Gasteiger partial charge in [-0.15, -0.1) is 0 Å². The number of anilines is 1. The highest BCUT2D eigenvalue weighted by molar-refractivity contribution is 6.30. The van der Waals surface area contributed by atoms with E-state index in [4.69, 9.17) is 23.1 Å². The summed E-state index contributed by atoms with van der Waals surface area (Å²) in [7, 11) is 0. The number of pyridine rings is 1. The Morgan fingerprint density at radius 3 is 2.29 bits per heavy atom. The molecule has 0 saturated heterocycles. The van der Waals surface area contributed by atoms with Crippen LogP contribution in [-0.4, -0.2) is 29.9 Å². The predicted molar refractivity (Wildman–Crippen MR) is 59.8 cm³/mol. The lowest BCUT2D eigenvalue weighted by atomic mass is 10.3. The van der Waals surface area contributed by atoms with Gasteiger partial charge in [-0.3, -0.25) is 9.59 Å². The standard InChI is InChI=1S/C9H10ClFN4O2/c10-5-1-6(11)9(14-2-5)15(3-7(12)16)4-8(13)17/h1-2H,3-4H2,(H2,12,16)(H2,13,17). The van der Waals surface area contributed by atoms with Crippen molar-refractivity contribution in [3.63, 3.8) is 0 Å². The van der Waals surface area contributed by atoms with E-state index < -0.39 is 17.6 Å². The van der Waals surface area contributed by atoms with Gasteiger partial charge in [0.25, 0.3) is 0 Å². The quantitative estimate of drug-likeness (QED) is 0.755. The summed E-state index contributed by atoms with van der Waals surface area (Å²) in [5.41, 5.74) is 9.95. The first-order valence-electron chi connectivity index (χ1n) is 4.52. The van der Waals surface area contributed by atoms with Crippen LogP contribution in [-0.2, 0) is 9.59 Å². The molecule has 0 aliphatic carbocycles. The highest BCUT2D eigenvalue weighted by Crippen LogP contribution is 2.19. The lowest BCUT2D eigenvalue weighted by molar-refractivity contribution is -0.117. The molecule has 8 heteroatoms. The van der Waals surface area contributed by atoms with Crippen LogP contribution in [0.15, 0.2) is 12.3 Å². The molecule has 1 aromatic heterocycles. The Morgan fingerprint density at radius 2 is 1.88 bits per heavy atom. The van der Waals surface area contributed by atoms with Crippen LogP contribution in [0.2, 0.25) is 5.02 Å². The van der Waals surface area contributed by atoms with Gasteiger partial charge in [0.05, 0.1) is 18.1 Å². The Balaban J connectivity index is 3.02. The Kier molecular flexibility index (Phi) is 4.22. The van der Waals surface area contributed by atoms with E-state index in [1.165, 1.54) is 6.20 Å². The summed E-state index contributed by atoms with van der Waals surface area (Å²) in [5, 5.41) is 0.101. The minimum atomic E-state index is -0.764. The maximum Gasteiger partial charge on any atom is 0.237 e. The van der Waals surface area contributed by atoms with Gasteiger partial charge in [-0.1, -0.05) is 11.6 Å². The second-order valence-electron chi connectivity index (χ2n) is 3.25. The summed E-state index contributed by atoms with van der Waals surface area (Å²) >= 11 is 5.53. The number of nitrogens with two attached hydrogens (primary N) is 2. The molecular weight excluding hydrogens is 251 g/mol. The third-order valence-corrected chi connectivity index (χ3v) is 1.99. The van der Waals surface area contributed by atoms with Crippen molar-refractivity contribution < 1.29 is 14.0 Å². The highest BCUT2D eigenvalue weighted by atomic mass is 35.5. The van der Waals surface area contributed by atoms with Crippen LogP contribution < -0.4 is 16.4 Å². The van der Waals surface area contributed by atoms with E-state index in [-0.39, 0.29) is 23.9 Å². The van der Waals surface area contributed by atoms with Gasteiger partial charge in [0.1, 0.15) is 0 Å². The van der Waals surface area contributed by atoms with Gasteiger partial charge in [-0.05, 0) is 6.07 Å². The normalized spacial score (nSPS) is 10.0. The average molecular weight is 261 g/mol. The van der Waals surface area contributed by atoms with Crippen LogP contribution in [0.25, 0.3) is 0 Å². The third kappa shape index (κ3) is 3.87. The van der Waals surface area contributed by atoms with Crippen LogP contribution in [0.3, 0.4) is 0 Å². The number of halogens is 2. The molecule has 2 amide bonds. The first kappa shape index (κ1) is 13.2. The molecule has 0 aliphatic rings. The topological polar surface area (TPSA) is 102 Å². The molecule has 92 valence electrons. The molecule has 0 atom stereocenters. The molecule has 6 nitrogen and oxygen atoms in total. The third-order valence-electron chi connectivity index (χ3n) is 1.78. The molecule has 0 radical (unpaired) electrons. The molecule has 4 N–H and O–H groups in total. The Labute approximate surface area is 101 Å². The molecule has 0 spiro atoms. The largest absolute Gasteiger partial charge is 0.368 e. The number of hydrogen-bond donors (Lipinski definition) is 2. The van der Waals surface area contributed by atoms with Crippen molar-refractivity contribution in [3.8, 4) is 0 Å². The fraction of sp³-hybridized carbons (Fsp3) is 0.222. The predicted octanol–water partition coefficient (Wildman–Crippen LogP) is -0.349. The van der Waals surface area contributed by atoms with E-state index >= 15 is 0 Å². The number of primary amides is 2. The van der Waals surface area contributed by atoms with E-state index in [0.29, 0.717) is 0 Å². The molecule has 0 bridgehead atoms. The summed E-state index contributed by atoms with van der Waals surface area (Å²) in [6.45, 7) is -0.733. The lowest BCUT2D eigenvalue weighted by Gasteiger charge is -2.20. The monoisotopic (exact) mass is 260 g/mol. The van der Waals surface area contributed by atoms with Gasteiger partial charge in [-0.2, -0.15) is 0 Å². The summed E-state index contributed by atoms with van der Waals surface area (Å²) in [5.74, 6) is -2.43. The number of carbonyl (C=O) groups excluding carboxylic acids is 2. The average Bonchev–Trinajstić information content (AvgIpc) is 2.14. The second kappa shape index (κ2) is 5.44. The van der Waals surface area contributed by atoms with E-state index in [1.54, 1.807) is 0 Å². The van der Waals surface area contributed by atoms with Crippen molar-refractivity contribution in [2.24, 2.45) is 11.5 Å². The van der Waals surface area contributed by atoms with E-state index in [0.717, 1.165) is 11.0 Å². The molecular formula is C9H10ClFN4O2. The van der Waals surface area contributed by atoms with Crippen molar-refractivity contribution in [2.45, 2.75) is 0 Å². The summed E-state index contributed by atoms with van der Waals surface area (Å²) in [6, 6.07) is 1.01. The van der Waals surface area contributed by atoms with Gasteiger partial charge < -0.3 is 16.4 Å². The number of nitrogens with zero attached hydrogens (tertiary/aromatic N) is 2. The zero-order chi connectivity index (χ0) is 13.0. The minimum absolute atomic E-state index is 0.101. The molecule has 0 saturated carbocycles. The van der Waals surface area contributed by atoms with Gasteiger partial charge in [0.15, 0.2) is 11.6 Å². The Hall–Kier alpha value is -1.89. The Morgan fingerprint density at radius 1 is 1.35 bits per heavy atom. The van der Waals surface area contributed by atoms with Crippen LogP contribution in [0.1, 0.15) is 0 Å². The Bertz CT molecular complexity index is 439. The van der Waals surface area contributed by atoms with E-state index in [2.05, 4.69) is 4.98 Å². The minimum Gasteiger partial charge on any atom is -0.368 e. The molecule has 1 aromatic rings. The molecule has 17 heavy (non-hydrogen) atoms. The summed E-state index contributed by atoms with van der Waals surface area (Å²) < 4.78 is 13.5. The van der Waals surface area contributed by atoms with E-state index in [9.17, 15) is 14.0 Å². The first-order chi connectivity index (χ1) is 7.90. The maximum atomic E-state index is 13.5. The second-order valence-corrected chi connectivity index (χ2v) is 3.68. The van der Waals surface area contributed by atoms with Crippen LogP contribution in [0.4, 0.5) is 10.2 Å². The maximum absolute atomic E-state index is 13.5. The van der Waals surface area contributed by atoms with Crippen molar-refractivity contribution in [1.29, 1.82) is 0 Å². The van der Waals surface area contributed by atoms with E-state index in [1.807, 2.05) is 0 Å². The van der Waals surface area contributed by atoms with Crippen molar-refractivity contribution in [1.82, 2.24) is 4.98 Å². The smallest absolute Gasteiger partial charge is 0.237 e. The van der Waals surface area contributed by atoms with Crippen LogP contribution in [0.5, 0.6) is 0 Å². The molecule has 0 aliphatic heterocycles. The molecule has 0 aromatic carbocycles. The molecule has 1 rings (SSSR count). The van der Waals surface area contributed by atoms with Crippen molar-refractivity contribution >= 4 is 29.2 Å². The van der Waals surface area contributed by atoms with Gasteiger partial charge in [0.2, 0.25) is 11.8 Å². The number of aromatic nitrogens is 1. The fourth-order valence-electron chi connectivity index (χ4n) is 1.22. The molecule has 0 unspecified atom stereocenters. The number of carbonyl (C=O) groups is 2. The van der Waals surface area contributed by atoms with Crippen LogP contribution in [0, 0.1) is 5.82 Å². The highest BCUT2D eigenvalue weighted by Gasteiger charge is 2.17. The molecule has 1 heterocycles. The zero-order valence-corrected chi connectivity index (χ0v) is 9.45. The number of rotatable bonds is 5. The number of amides is 2. The molecule has 0 fully saturated rings. The zero-order valence-electron chi connectivity index (χ0n) is 8.69. The van der Waals surface area contributed by atoms with Crippen molar-refractivity contribution in [3.05, 3.63) is 23.1 Å². The fourth-order valence-corrected chi connectivity index (χ4v) is 1.37. The SMILES string of the molecule is NC(=O)CN(CC(N)=O)c1ncc(Cl)cc1F. The summed E-state index contributed by atoms with van der Waals surface area (Å²) in [6.07, 6.45) is 1.19. The lowest BCUT2D eigenvalue weighted by Crippen LogP contribution is -2.40. The van der Waals surface area contributed by atoms with Gasteiger partial charge in [-0.25, -0.2) is 9.37 Å². The van der Waals surface area contributed by atoms with Gasteiger partial charge in [0, 0.05) is 6.20 Å². The summed E-state index contributed by atoms with van der Waals surface area (Å²) in [4.78, 5) is 26.3. The van der Waals surface area contributed by atoms with Crippen molar-refractivity contribution in [2.75, 3.05) is 18.0 Å². The first-order valence-corrected chi connectivity index (χ1v) is 4.90.